The van der Waals surface area contributed by atoms with Crippen LogP contribution in [-0.4, -0.2) is 64.9 Å². The molecular formula is C27H31F2N3O5. The first kappa shape index (κ1) is 26.5. The number of methoxy groups -OCH3 is 1. The van der Waals surface area contributed by atoms with Crippen molar-refractivity contribution in [3.05, 3.63) is 58.4 Å². The van der Waals surface area contributed by atoms with E-state index in [9.17, 15) is 14.0 Å². The lowest BCUT2D eigenvalue weighted by Crippen LogP contribution is -2.48. The number of imidazole rings is 1. The fraction of sp³-hybridized carbons (Fsp3) is 0.444. The maximum atomic E-state index is 15.5. The average Bonchev–Trinajstić information content (AvgIpc) is 3.16. The standard InChI is InChI=1S/C27H31F2N3O5/c1-15-7-8-32-19(13-17-14-31(9-10-36-17)26(34)37-27(3,4)5)24(30-20(32)11-15)21-16(2)12-18(25(33)35-6)22(28)23(21)29/h7-8,11-12,17H,9-10,13-14H2,1-6H3/t17-/m0/s1. The highest BCUT2D eigenvalue weighted by molar-refractivity contribution is 5.91. The van der Waals surface area contributed by atoms with Gasteiger partial charge in [0.2, 0.25) is 0 Å². The molecule has 3 heterocycles. The van der Waals surface area contributed by atoms with E-state index in [0.717, 1.165) is 12.7 Å². The molecule has 198 valence electrons. The number of halogens is 2. The van der Waals surface area contributed by atoms with Crippen LogP contribution >= 0.6 is 0 Å². The number of rotatable bonds is 4. The van der Waals surface area contributed by atoms with E-state index in [1.54, 1.807) is 32.6 Å². The van der Waals surface area contributed by atoms with E-state index in [-0.39, 0.29) is 24.2 Å². The number of morpholine rings is 1. The third-order valence-electron chi connectivity index (χ3n) is 6.14. The van der Waals surface area contributed by atoms with Crippen LogP contribution in [0.1, 0.15) is 48.0 Å². The van der Waals surface area contributed by atoms with Crippen molar-refractivity contribution < 1.29 is 32.6 Å². The number of fused-ring (bicyclic) bond motifs is 1. The van der Waals surface area contributed by atoms with Gasteiger partial charge in [-0.3, -0.25) is 0 Å². The van der Waals surface area contributed by atoms with Crippen molar-refractivity contribution in [3.8, 4) is 11.3 Å². The number of amides is 1. The monoisotopic (exact) mass is 515 g/mol. The molecule has 0 unspecified atom stereocenters. The number of hydrogen-bond acceptors (Lipinski definition) is 6. The lowest BCUT2D eigenvalue weighted by molar-refractivity contribution is -0.0418. The Morgan fingerprint density at radius 1 is 1.19 bits per heavy atom. The van der Waals surface area contributed by atoms with Gasteiger partial charge in [0.15, 0.2) is 11.6 Å². The SMILES string of the molecule is COC(=O)c1cc(C)c(-c2nc3cc(C)ccn3c2C[C@H]2CN(C(=O)OC(C)(C)C)CCO2)c(F)c1F. The van der Waals surface area contributed by atoms with E-state index in [1.807, 2.05) is 29.7 Å². The third-order valence-corrected chi connectivity index (χ3v) is 6.14. The summed E-state index contributed by atoms with van der Waals surface area (Å²) in [7, 11) is 1.11. The number of carbonyl (C=O) groups excluding carboxylic acids is 2. The van der Waals surface area contributed by atoms with Crippen molar-refractivity contribution in [2.75, 3.05) is 26.8 Å². The van der Waals surface area contributed by atoms with Crippen LogP contribution in [0.5, 0.6) is 0 Å². The number of hydrogen-bond donors (Lipinski definition) is 0. The smallest absolute Gasteiger partial charge is 0.410 e. The Labute approximate surface area is 214 Å². The molecule has 1 aromatic carbocycles. The maximum absolute atomic E-state index is 15.5. The predicted octanol–water partition coefficient (Wildman–Crippen LogP) is 4.86. The van der Waals surface area contributed by atoms with Gasteiger partial charge in [-0.2, -0.15) is 0 Å². The first-order valence-corrected chi connectivity index (χ1v) is 12.0. The largest absolute Gasteiger partial charge is 0.465 e. The number of carbonyl (C=O) groups is 2. The topological polar surface area (TPSA) is 82.4 Å². The summed E-state index contributed by atoms with van der Waals surface area (Å²) in [6.07, 6.45) is 1.23. The molecule has 1 fully saturated rings. The molecule has 2 aromatic heterocycles. The minimum Gasteiger partial charge on any atom is -0.465 e. The molecule has 0 N–H and O–H groups in total. The fourth-order valence-electron chi connectivity index (χ4n) is 4.45. The quantitative estimate of drug-likeness (QED) is 0.462. The zero-order valence-electron chi connectivity index (χ0n) is 21.9. The Balaban J connectivity index is 1.76. The normalized spacial score (nSPS) is 16.2. The van der Waals surface area contributed by atoms with Crippen LogP contribution in [0.25, 0.3) is 16.9 Å². The molecule has 1 aliphatic rings. The van der Waals surface area contributed by atoms with Crippen LogP contribution in [0.15, 0.2) is 24.4 Å². The van der Waals surface area contributed by atoms with Crippen LogP contribution in [0.4, 0.5) is 13.6 Å². The molecule has 8 nitrogen and oxygen atoms in total. The first-order valence-electron chi connectivity index (χ1n) is 12.0. The second kappa shape index (κ2) is 10.1. The molecule has 4 rings (SSSR count). The first-order chi connectivity index (χ1) is 17.4. The van der Waals surface area contributed by atoms with Crippen molar-refractivity contribution >= 4 is 17.7 Å². The van der Waals surface area contributed by atoms with Gasteiger partial charge in [0.25, 0.3) is 0 Å². The number of pyridine rings is 1. The van der Waals surface area contributed by atoms with Crippen molar-refractivity contribution in [2.45, 2.75) is 52.7 Å². The number of esters is 1. The minimum atomic E-state index is -1.29. The molecule has 1 amide bonds. The Bertz CT molecular complexity index is 1360. The summed E-state index contributed by atoms with van der Waals surface area (Å²) < 4.78 is 48.3. The lowest BCUT2D eigenvalue weighted by atomic mass is 9.98. The summed E-state index contributed by atoms with van der Waals surface area (Å²) in [5, 5.41) is 0. The highest BCUT2D eigenvalue weighted by Crippen LogP contribution is 2.34. The molecule has 3 aromatic rings. The van der Waals surface area contributed by atoms with Gasteiger partial charge in [-0.25, -0.2) is 23.4 Å². The van der Waals surface area contributed by atoms with Crippen LogP contribution in [0, 0.1) is 25.5 Å². The molecule has 1 aliphatic heterocycles. The summed E-state index contributed by atoms with van der Waals surface area (Å²) in [5.74, 6) is -3.44. The minimum absolute atomic E-state index is 0.0405. The van der Waals surface area contributed by atoms with Crippen LogP contribution in [-0.2, 0) is 20.6 Å². The third kappa shape index (κ3) is 5.44. The van der Waals surface area contributed by atoms with E-state index in [0.29, 0.717) is 30.1 Å². The lowest BCUT2D eigenvalue weighted by Gasteiger charge is -2.34. The molecule has 0 radical (unpaired) electrons. The van der Waals surface area contributed by atoms with Gasteiger partial charge in [0.1, 0.15) is 11.2 Å². The maximum Gasteiger partial charge on any atom is 0.410 e. The molecule has 0 bridgehead atoms. The second-order valence-corrected chi connectivity index (χ2v) is 10.2. The van der Waals surface area contributed by atoms with Gasteiger partial charge in [-0.1, -0.05) is 0 Å². The van der Waals surface area contributed by atoms with Gasteiger partial charge in [-0.05, 0) is 63.9 Å². The van der Waals surface area contributed by atoms with Crippen LogP contribution in [0.3, 0.4) is 0 Å². The highest BCUT2D eigenvalue weighted by atomic mass is 19.2. The van der Waals surface area contributed by atoms with Gasteiger partial charge in [0, 0.05) is 24.7 Å². The summed E-state index contributed by atoms with van der Waals surface area (Å²) in [4.78, 5) is 30.8. The molecule has 0 saturated carbocycles. The Hall–Kier alpha value is -3.53. The van der Waals surface area contributed by atoms with E-state index >= 15 is 4.39 Å². The van der Waals surface area contributed by atoms with Crippen LogP contribution in [0.2, 0.25) is 0 Å². The molecule has 0 spiro atoms. The zero-order chi connectivity index (χ0) is 27.1. The van der Waals surface area contributed by atoms with Crippen LogP contribution < -0.4 is 0 Å². The molecule has 1 atom stereocenters. The molecular weight excluding hydrogens is 484 g/mol. The van der Waals surface area contributed by atoms with Crippen molar-refractivity contribution in [2.24, 2.45) is 0 Å². The second-order valence-electron chi connectivity index (χ2n) is 10.2. The Morgan fingerprint density at radius 2 is 1.92 bits per heavy atom. The fourth-order valence-corrected chi connectivity index (χ4v) is 4.45. The summed E-state index contributed by atoms with van der Waals surface area (Å²) in [6, 6.07) is 4.99. The zero-order valence-corrected chi connectivity index (χ0v) is 21.9. The van der Waals surface area contributed by atoms with Crippen molar-refractivity contribution in [1.82, 2.24) is 14.3 Å². The number of ether oxygens (including phenoxy) is 3. The van der Waals surface area contributed by atoms with E-state index in [1.165, 1.54) is 6.07 Å². The van der Waals surface area contributed by atoms with Crippen molar-refractivity contribution in [3.63, 3.8) is 0 Å². The van der Waals surface area contributed by atoms with Crippen molar-refractivity contribution in [1.29, 1.82) is 0 Å². The molecule has 0 aliphatic carbocycles. The molecule has 37 heavy (non-hydrogen) atoms. The van der Waals surface area contributed by atoms with Gasteiger partial charge >= 0.3 is 12.1 Å². The highest BCUT2D eigenvalue weighted by Gasteiger charge is 2.31. The van der Waals surface area contributed by atoms with E-state index in [2.05, 4.69) is 9.72 Å². The summed E-state index contributed by atoms with van der Waals surface area (Å²) in [5.41, 5.74) is 1.53. The molecule has 10 heteroatoms. The van der Waals surface area contributed by atoms with E-state index in [4.69, 9.17) is 9.47 Å². The number of aromatic nitrogens is 2. The summed E-state index contributed by atoms with van der Waals surface area (Å²) >= 11 is 0. The van der Waals surface area contributed by atoms with E-state index < -0.39 is 41.0 Å². The number of benzene rings is 1. The average molecular weight is 516 g/mol. The number of nitrogens with zero attached hydrogens (tertiary/aromatic N) is 3. The molecule has 1 saturated heterocycles. The van der Waals surface area contributed by atoms with Gasteiger partial charge in [0.05, 0.1) is 43.3 Å². The summed E-state index contributed by atoms with van der Waals surface area (Å²) in [6.45, 7) is 9.87. The Morgan fingerprint density at radius 3 is 2.59 bits per heavy atom. The van der Waals surface area contributed by atoms with Gasteiger partial charge in [-0.15, -0.1) is 0 Å². The number of aryl methyl sites for hydroxylation is 2. The van der Waals surface area contributed by atoms with Gasteiger partial charge < -0.3 is 23.5 Å². The predicted molar refractivity (Wildman–Crippen MR) is 133 cm³/mol. The Kier molecular flexibility index (Phi) is 7.23.